The molecular weight excluding hydrogens is 258 g/mol. The second kappa shape index (κ2) is 17.7. The lowest BCUT2D eigenvalue weighted by Gasteiger charge is -2.43. The van der Waals surface area contributed by atoms with E-state index in [0.717, 1.165) is 12.3 Å². The quantitative estimate of drug-likeness (QED) is 0.598. The van der Waals surface area contributed by atoms with Gasteiger partial charge in [0.05, 0.1) is 0 Å². The van der Waals surface area contributed by atoms with Crippen molar-refractivity contribution in [3.05, 3.63) is 0 Å². The minimum Gasteiger partial charge on any atom is -0.304 e. The zero-order valence-electron chi connectivity index (χ0n) is 16.5. The summed E-state index contributed by atoms with van der Waals surface area (Å²) in [6.45, 7) is 21.4. The Morgan fingerprint density at radius 1 is 1.05 bits per heavy atom. The molecule has 0 aromatic carbocycles. The first-order chi connectivity index (χ1) is 10.0. The highest BCUT2D eigenvalue weighted by Gasteiger charge is 2.32. The van der Waals surface area contributed by atoms with Crippen molar-refractivity contribution in [1.29, 1.82) is 0 Å². The SMILES string of the molecule is CC.CC.CC=O.CCCC1(CC)CCN(C(C)C)CC1. The van der Waals surface area contributed by atoms with Gasteiger partial charge >= 0.3 is 0 Å². The Bertz CT molecular complexity index is 194. The third-order valence-electron chi connectivity index (χ3n) is 4.12. The third-order valence-corrected chi connectivity index (χ3v) is 4.12. The lowest BCUT2D eigenvalue weighted by Crippen LogP contribution is -2.43. The van der Waals surface area contributed by atoms with Crippen molar-refractivity contribution in [3.8, 4) is 0 Å². The summed E-state index contributed by atoms with van der Waals surface area (Å²) in [5.74, 6) is 0. The van der Waals surface area contributed by atoms with Crippen molar-refractivity contribution in [2.45, 2.75) is 100 Å². The van der Waals surface area contributed by atoms with E-state index in [9.17, 15) is 0 Å². The largest absolute Gasteiger partial charge is 0.304 e. The predicted molar refractivity (Wildman–Crippen MR) is 98.0 cm³/mol. The maximum Gasteiger partial charge on any atom is 0.116 e. The molecule has 0 aromatic heterocycles. The van der Waals surface area contributed by atoms with Gasteiger partial charge in [0, 0.05) is 6.04 Å². The Morgan fingerprint density at radius 2 is 1.43 bits per heavy atom. The van der Waals surface area contributed by atoms with E-state index in [-0.39, 0.29) is 0 Å². The molecule has 130 valence electrons. The van der Waals surface area contributed by atoms with Gasteiger partial charge in [-0.15, -0.1) is 0 Å². The van der Waals surface area contributed by atoms with Crippen LogP contribution in [0.2, 0.25) is 0 Å². The predicted octanol–water partition coefficient (Wildman–Crippen LogP) is 5.94. The third kappa shape index (κ3) is 11.9. The fraction of sp³-hybridized carbons (Fsp3) is 0.947. The van der Waals surface area contributed by atoms with Gasteiger partial charge in [-0.3, -0.25) is 0 Å². The van der Waals surface area contributed by atoms with Crippen molar-refractivity contribution in [2.75, 3.05) is 13.1 Å². The number of nitrogens with zero attached hydrogens (tertiary/aromatic N) is 1. The molecule has 0 saturated carbocycles. The van der Waals surface area contributed by atoms with Gasteiger partial charge in [0.15, 0.2) is 0 Å². The van der Waals surface area contributed by atoms with Gasteiger partial charge in [0.2, 0.25) is 0 Å². The summed E-state index contributed by atoms with van der Waals surface area (Å²) in [4.78, 5) is 11.4. The summed E-state index contributed by atoms with van der Waals surface area (Å²) in [6.07, 6.45) is 7.78. The normalized spacial score (nSPS) is 16.5. The minimum atomic E-state index is 0.695. The number of carbonyl (C=O) groups is 1. The van der Waals surface area contributed by atoms with Gasteiger partial charge in [0.25, 0.3) is 0 Å². The first-order valence-corrected chi connectivity index (χ1v) is 9.19. The Balaban J connectivity index is -0.000000399. The van der Waals surface area contributed by atoms with Crippen LogP contribution in [0.1, 0.15) is 94.4 Å². The van der Waals surface area contributed by atoms with Gasteiger partial charge in [-0.05, 0) is 58.5 Å². The Hall–Kier alpha value is -0.370. The summed E-state index contributed by atoms with van der Waals surface area (Å²) < 4.78 is 0. The molecule has 21 heavy (non-hydrogen) atoms. The lowest BCUT2D eigenvalue weighted by atomic mass is 9.73. The number of aldehydes is 1. The summed E-state index contributed by atoms with van der Waals surface area (Å²) in [7, 11) is 0. The van der Waals surface area contributed by atoms with Crippen LogP contribution in [0.3, 0.4) is 0 Å². The van der Waals surface area contributed by atoms with Crippen LogP contribution in [0.15, 0.2) is 0 Å². The van der Waals surface area contributed by atoms with Crippen LogP contribution in [0, 0.1) is 5.41 Å². The molecule has 1 fully saturated rings. The monoisotopic (exact) mass is 301 g/mol. The van der Waals surface area contributed by atoms with Crippen LogP contribution >= 0.6 is 0 Å². The van der Waals surface area contributed by atoms with Crippen molar-refractivity contribution in [3.63, 3.8) is 0 Å². The summed E-state index contributed by atoms with van der Waals surface area (Å²) in [5.41, 5.74) is 0.695. The van der Waals surface area contributed by atoms with E-state index in [1.54, 1.807) is 0 Å². The van der Waals surface area contributed by atoms with E-state index < -0.39 is 0 Å². The lowest BCUT2D eigenvalue weighted by molar-refractivity contribution is -0.106. The smallest absolute Gasteiger partial charge is 0.116 e. The van der Waals surface area contributed by atoms with E-state index >= 15 is 0 Å². The molecule has 1 aliphatic rings. The molecule has 1 rings (SSSR count). The van der Waals surface area contributed by atoms with Crippen LogP contribution in [-0.2, 0) is 4.79 Å². The van der Waals surface area contributed by atoms with Crippen LogP contribution in [-0.4, -0.2) is 30.3 Å². The molecule has 1 saturated heterocycles. The molecule has 0 bridgehead atoms. The Labute approximate surface area is 135 Å². The molecule has 0 unspecified atom stereocenters. The highest BCUT2D eigenvalue weighted by atomic mass is 16.1. The molecule has 2 heteroatoms. The average molecular weight is 302 g/mol. The number of hydrogen-bond donors (Lipinski definition) is 0. The van der Waals surface area contributed by atoms with Gasteiger partial charge in [-0.2, -0.15) is 0 Å². The number of piperidine rings is 1. The molecule has 0 atom stereocenters. The van der Waals surface area contributed by atoms with Gasteiger partial charge in [-0.1, -0.05) is 54.4 Å². The first-order valence-electron chi connectivity index (χ1n) is 9.19. The van der Waals surface area contributed by atoms with Crippen LogP contribution < -0.4 is 0 Å². The molecule has 2 nitrogen and oxygen atoms in total. The molecule has 1 aliphatic heterocycles. The molecule has 0 radical (unpaired) electrons. The molecule has 0 aromatic rings. The van der Waals surface area contributed by atoms with E-state index in [2.05, 4.69) is 32.6 Å². The highest BCUT2D eigenvalue weighted by Crippen LogP contribution is 2.39. The maximum atomic E-state index is 8.81. The number of hydrogen-bond acceptors (Lipinski definition) is 2. The highest BCUT2D eigenvalue weighted by molar-refractivity contribution is 5.44. The zero-order chi connectivity index (χ0) is 17.3. The summed E-state index contributed by atoms with van der Waals surface area (Å²) in [5, 5.41) is 0. The number of likely N-dealkylation sites (tertiary alicyclic amines) is 1. The average Bonchev–Trinajstić information content (AvgIpc) is 2.53. The van der Waals surface area contributed by atoms with Crippen molar-refractivity contribution >= 4 is 6.29 Å². The molecule has 0 spiro atoms. The van der Waals surface area contributed by atoms with Gasteiger partial charge in [0.1, 0.15) is 6.29 Å². The van der Waals surface area contributed by atoms with Crippen LogP contribution in [0.4, 0.5) is 0 Å². The Morgan fingerprint density at radius 3 is 1.67 bits per heavy atom. The Kier molecular flexibility index (Phi) is 21.5. The second-order valence-electron chi connectivity index (χ2n) is 5.47. The summed E-state index contributed by atoms with van der Waals surface area (Å²) in [6, 6.07) is 0.742. The number of rotatable bonds is 4. The van der Waals surface area contributed by atoms with Crippen molar-refractivity contribution < 1.29 is 4.79 Å². The fourth-order valence-corrected chi connectivity index (χ4v) is 2.83. The summed E-state index contributed by atoms with van der Waals surface area (Å²) >= 11 is 0. The molecular formula is C19H43NO. The molecule has 1 heterocycles. The second-order valence-corrected chi connectivity index (χ2v) is 5.47. The zero-order valence-corrected chi connectivity index (χ0v) is 16.5. The van der Waals surface area contributed by atoms with Crippen LogP contribution in [0.5, 0.6) is 0 Å². The van der Waals surface area contributed by atoms with E-state index in [1.807, 2.05) is 27.7 Å². The first kappa shape index (κ1) is 25.6. The van der Waals surface area contributed by atoms with Gasteiger partial charge < -0.3 is 9.69 Å². The van der Waals surface area contributed by atoms with Crippen LogP contribution in [0.25, 0.3) is 0 Å². The van der Waals surface area contributed by atoms with E-state index in [4.69, 9.17) is 4.79 Å². The molecule has 0 N–H and O–H groups in total. The van der Waals surface area contributed by atoms with Gasteiger partial charge in [-0.25, -0.2) is 0 Å². The van der Waals surface area contributed by atoms with Crippen molar-refractivity contribution in [1.82, 2.24) is 4.90 Å². The van der Waals surface area contributed by atoms with E-state index in [1.165, 1.54) is 52.1 Å². The van der Waals surface area contributed by atoms with Crippen molar-refractivity contribution in [2.24, 2.45) is 5.41 Å². The topological polar surface area (TPSA) is 20.3 Å². The fourth-order valence-electron chi connectivity index (χ4n) is 2.83. The maximum absolute atomic E-state index is 8.81. The number of carbonyl (C=O) groups excluding carboxylic acids is 1. The standard InChI is InChI=1S/C13H27N.C2H4O.2C2H6/c1-5-7-13(6-2)8-10-14(11-9-13)12(3)4;1-2-3;2*1-2/h12H,5-11H2,1-4H3;2H,1H3;2*1-2H3. The molecule has 0 amide bonds. The van der Waals surface area contributed by atoms with E-state index in [0.29, 0.717) is 5.41 Å². The molecule has 0 aliphatic carbocycles. The minimum absolute atomic E-state index is 0.695.